The van der Waals surface area contributed by atoms with E-state index in [-0.39, 0.29) is 17.9 Å². The fourth-order valence-electron chi connectivity index (χ4n) is 2.12. The van der Waals surface area contributed by atoms with E-state index in [2.05, 4.69) is 5.32 Å². The molecule has 0 bridgehead atoms. The molecule has 0 amide bonds. The van der Waals surface area contributed by atoms with Crippen LogP contribution in [0.1, 0.15) is 25.7 Å². The molecule has 1 saturated carbocycles. The molecule has 82 valence electrons. The first-order chi connectivity index (χ1) is 7.27. The van der Waals surface area contributed by atoms with Crippen LogP contribution in [0.4, 0.5) is 10.1 Å². The minimum atomic E-state index is -0.199. The molecule has 2 rings (SSSR count). The molecule has 0 aliphatic heterocycles. The van der Waals surface area contributed by atoms with E-state index in [1.165, 1.54) is 18.9 Å². The summed E-state index contributed by atoms with van der Waals surface area (Å²) in [4.78, 5) is 0. The molecule has 0 heterocycles. The van der Waals surface area contributed by atoms with E-state index in [0.29, 0.717) is 5.69 Å². The highest BCUT2D eigenvalue weighted by Gasteiger charge is 2.21. The standard InChI is InChI=1S/C12H17FN2/c13-9-5-1-3-7-11(9)15-12-8-4-2-6-10(12)14/h1,3,5,7,10,12,15H,2,4,6,8,14H2/t10-,12-/m0/s1. The fourth-order valence-corrected chi connectivity index (χ4v) is 2.12. The summed E-state index contributed by atoms with van der Waals surface area (Å²) in [5.74, 6) is -0.199. The molecule has 0 unspecified atom stereocenters. The van der Waals surface area contributed by atoms with Crippen molar-refractivity contribution in [1.82, 2.24) is 0 Å². The van der Waals surface area contributed by atoms with Crippen LogP contribution in [0.3, 0.4) is 0 Å². The van der Waals surface area contributed by atoms with E-state index >= 15 is 0 Å². The zero-order valence-corrected chi connectivity index (χ0v) is 8.75. The van der Waals surface area contributed by atoms with Crippen LogP contribution in [0.25, 0.3) is 0 Å². The lowest BCUT2D eigenvalue weighted by Gasteiger charge is -2.30. The highest BCUT2D eigenvalue weighted by Crippen LogP contribution is 2.22. The molecule has 2 nitrogen and oxygen atoms in total. The highest BCUT2D eigenvalue weighted by molar-refractivity contribution is 5.45. The monoisotopic (exact) mass is 208 g/mol. The number of hydrogen-bond acceptors (Lipinski definition) is 2. The summed E-state index contributed by atoms with van der Waals surface area (Å²) >= 11 is 0. The largest absolute Gasteiger partial charge is 0.378 e. The van der Waals surface area contributed by atoms with E-state index < -0.39 is 0 Å². The molecule has 2 atom stereocenters. The Morgan fingerprint density at radius 3 is 2.67 bits per heavy atom. The molecule has 3 N–H and O–H groups in total. The maximum absolute atomic E-state index is 13.4. The zero-order valence-electron chi connectivity index (χ0n) is 8.75. The number of anilines is 1. The maximum atomic E-state index is 13.4. The van der Waals surface area contributed by atoms with Crippen molar-refractivity contribution in [3.8, 4) is 0 Å². The molecule has 1 aromatic rings. The van der Waals surface area contributed by atoms with Gasteiger partial charge in [0, 0.05) is 12.1 Å². The van der Waals surface area contributed by atoms with E-state index in [1.54, 1.807) is 12.1 Å². The third-order valence-corrected chi connectivity index (χ3v) is 3.03. The van der Waals surface area contributed by atoms with Crippen molar-refractivity contribution in [3.05, 3.63) is 30.1 Å². The van der Waals surface area contributed by atoms with Crippen LogP contribution < -0.4 is 11.1 Å². The van der Waals surface area contributed by atoms with Crippen LogP contribution >= 0.6 is 0 Å². The molecule has 1 aliphatic rings. The van der Waals surface area contributed by atoms with Crippen LogP contribution in [0.5, 0.6) is 0 Å². The van der Waals surface area contributed by atoms with Crippen molar-refractivity contribution >= 4 is 5.69 Å². The summed E-state index contributed by atoms with van der Waals surface area (Å²) in [6.45, 7) is 0. The summed E-state index contributed by atoms with van der Waals surface area (Å²) in [6, 6.07) is 7.13. The maximum Gasteiger partial charge on any atom is 0.146 e. The second kappa shape index (κ2) is 4.62. The van der Waals surface area contributed by atoms with Crippen molar-refractivity contribution in [2.45, 2.75) is 37.8 Å². The molecule has 0 radical (unpaired) electrons. The first kappa shape index (κ1) is 10.4. The van der Waals surface area contributed by atoms with Gasteiger partial charge >= 0.3 is 0 Å². The molecule has 15 heavy (non-hydrogen) atoms. The topological polar surface area (TPSA) is 38.0 Å². The van der Waals surface area contributed by atoms with Gasteiger partial charge in [0.1, 0.15) is 5.82 Å². The van der Waals surface area contributed by atoms with Gasteiger partial charge in [0.2, 0.25) is 0 Å². The van der Waals surface area contributed by atoms with Gasteiger partial charge < -0.3 is 11.1 Å². The number of nitrogens with two attached hydrogens (primary N) is 1. The summed E-state index contributed by atoms with van der Waals surface area (Å²) in [7, 11) is 0. The van der Waals surface area contributed by atoms with Crippen molar-refractivity contribution in [3.63, 3.8) is 0 Å². The first-order valence-electron chi connectivity index (χ1n) is 5.54. The Labute approximate surface area is 89.7 Å². The molecular formula is C12H17FN2. The number of rotatable bonds is 2. The molecule has 1 fully saturated rings. The highest BCUT2D eigenvalue weighted by atomic mass is 19.1. The van der Waals surface area contributed by atoms with Crippen LogP contribution in [-0.4, -0.2) is 12.1 Å². The zero-order chi connectivity index (χ0) is 10.7. The molecule has 1 aromatic carbocycles. The molecule has 0 aromatic heterocycles. The molecular weight excluding hydrogens is 191 g/mol. The predicted molar refractivity (Wildman–Crippen MR) is 60.3 cm³/mol. The summed E-state index contributed by atoms with van der Waals surface area (Å²) in [5, 5.41) is 3.20. The van der Waals surface area contributed by atoms with Crippen LogP contribution in [0, 0.1) is 5.82 Å². The van der Waals surface area contributed by atoms with E-state index in [9.17, 15) is 4.39 Å². The average molecular weight is 208 g/mol. The third-order valence-electron chi connectivity index (χ3n) is 3.03. The number of hydrogen-bond donors (Lipinski definition) is 2. The second-order valence-corrected chi connectivity index (χ2v) is 4.18. The van der Waals surface area contributed by atoms with Gasteiger partial charge in [-0.25, -0.2) is 4.39 Å². The van der Waals surface area contributed by atoms with Gasteiger partial charge in [-0.2, -0.15) is 0 Å². The van der Waals surface area contributed by atoms with Crippen LogP contribution in [-0.2, 0) is 0 Å². The summed E-state index contributed by atoms with van der Waals surface area (Å²) in [6.07, 6.45) is 4.44. The van der Waals surface area contributed by atoms with Gasteiger partial charge in [0.25, 0.3) is 0 Å². The Hall–Kier alpha value is -1.09. The predicted octanol–water partition coefficient (Wildman–Crippen LogP) is 2.51. The smallest absolute Gasteiger partial charge is 0.146 e. The van der Waals surface area contributed by atoms with Gasteiger partial charge in [0.15, 0.2) is 0 Å². The van der Waals surface area contributed by atoms with E-state index in [1.807, 2.05) is 6.07 Å². The van der Waals surface area contributed by atoms with Gasteiger partial charge in [0.05, 0.1) is 5.69 Å². The van der Waals surface area contributed by atoms with E-state index in [0.717, 1.165) is 12.8 Å². The minimum Gasteiger partial charge on any atom is -0.378 e. The summed E-state index contributed by atoms with van der Waals surface area (Å²) < 4.78 is 13.4. The summed E-state index contributed by atoms with van der Waals surface area (Å²) in [5.41, 5.74) is 6.56. The minimum absolute atomic E-state index is 0.151. The Balaban J connectivity index is 2.04. The molecule has 3 heteroatoms. The van der Waals surface area contributed by atoms with Gasteiger partial charge in [-0.15, -0.1) is 0 Å². The average Bonchev–Trinajstić information content (AvgIpc) is 2.24. The lowest BCUT2D eigenvalue weighted by Crippen LogP contribution is -2.42. The lowest BCUT2D eigenvalue weighted by molar-refractivity contribution is 0.403. The van der Waals surface area contributed by atoms with Crippen LogP contribution in [0.2, 0.25) is 0 Å². The van der Waals surface area contributed by atoms with Gasteiger partial charge in [-0.1, -0.05) is 25.0 Å². The normalized spacial score (nSPS) is 26.3. The fraction of sp³-hybridized carbons (Fsp3) is 0.500. The van der Waals surface area contributed by atoms with Crippen molar-refractivity contribution in [2.24, 2.45) is 5.73 Å². The van der Waals surface area contributed by atoms with E-state index in [4.69, 9.17) is 5.73 Å². The number of benzene rings is 1. The van der Waals surface area contributed by atoms with Crippen molar-refractivity contribution in [1.29, 1.82) is 0 Å². The number of nitrogens with one attached hydrogen (secondary N) is 1. The SMILES string of the molecule is N[C@H]1CCCC[C@@H]1Nc1ccccc1F. The molecule has 0 spiro atoms. The van der Waals surface area contributed by atoms with Gasteiger partial charge in [-0.05, 0) is 25.0 Å². The Morgan fingerprint density at radius 2 is 1.93 bits per heavy atom. The van der Waals surface area contributed by atoms with Crippen molar-refractivity contribution in [2.75, 3.05) is 5.32 Å². The Bertz CT molecular complexity index is 327. The van der Waals surface area contributed by atoms with Crippen molar-refractivity contribution < 1.29 is 4.39 Å². The quantitative estimate of drug-likeness (QED) is 0.783. The molecule has 0 saturated heterocycles. The number of para-hydroxylation sites is 1. The first-order valence-corrected chi connectivity index (χ1v) is 5.54. The second-order valence-electron chi connectivity index (χ2n) is 4.18. The molecule has 1 aliphatic carbocycles. The Morgan fingerprint density at radius 1 is 1.20 bits per heavy atom. The van der Waals surface area contributed by atoms with Crippen LogP contribution in [0.15, 0.2) is 24.3 Å². The third kappa shape index (κ3) is 2.48. The Kier molecular flexibility index (Phi) is 3.21. The number of halogens is 1. The van der Waals surface area contributed by atoms with Gasteiger partial charge in [-0.3, -0.25) is 0 Å². The lowest BCUT2D eigenvalue weighted by atomic mass is 9.91.